The fourth-order valence-electron chi connectivity index (χ4n) is 1.61. The summed E-state index contributed by atoms with van der Waals surface area (Å²) in [7, 11) is 1.84. The van der Waals surface area contributed by atoms with Gasteiger partial charge in [-0.1, -0.05) is 11.2 Å². The van der Waals surface area contributed by atoms with E-state index in [4.69, 9.17) is 9.26 Å². The number of halogens is 1. The SMILES string of the molecule is CNC(C)c1ccc(F)cc1OCc1ccno1. The van der Waals surface area contributed by atoms with Gasteiger partial charge in [0.2, 0.25) is 0 Å². The lowest BCUT2D eigenvalue weighted by molar-refractivity contribution is 0.245. The van der Waals surface area contributed by atoms with E-state index in [1.807, 2.05) is 14.0 Å². The van der Waals surface area contributed by atoms with E-state index in [9.17, 15) is 4.39 Å². The zero-order valence-electron chi connectivity index (χ0n) is 10.3. The molecule has 96 valence electrons. The van der Waals surface area contributed by atoms with Crippen LogP contribution in [0.25, 0.3) is 0 Å². The Kier molecular flexibility index (Phi) is 3.94. The second-order valence-corrected chi connectivity index (χ2v) is 3.96. The summed E-state index contributed by atoms with van der Waals surface area (Å²) in [6, 6.07) is 6.30. The van der Waals surface area contributed by atoms with Gasteiger partial charge in [0.05, 0.1) is 6.20 Å². The topological polar surface area (TPSA) is 47.3 Å². The van der Waals surface area contributed by atoms with E-state index in [-0.39, 0.29) is 18.5 Å². The third-order valence-electron chi connectivity index (χ3n) is 2.74. The van der Waals surface area contributed by atoms with Gasteiger partial charge in [0.1, 0.15) is 18.2 Å². The highest BCUT2D eigenvalue weighted by Gasteiger charge is 2.12. The molecule has 0 fully saturated rings. The van der Waals surface area contributed by atoms with E-state index < -0.39 is 0 Å². The van der Waals surface area contributed by atoms with Crippen molar-refractivity contribution in [3.8, 4) is 5.75 Å². The molecule has 1 heterocycles. The van der Waals surface area contributed by atoms with Crippen LogP contribution in [0.4, 0.5) is 4.39 Å². The van der Waals surface area contributed by atoms with Crippen LogP contribution in [0.15, 0.2) is 35.0 Å². The number of rotatable bonds is 5. The molecule has 1 aromatic carbocycles. The highest BCUT2D eigenvalue weighted by molar-refractivity contribution is 5.36. The van der Waals surface area contributed by atoms with Crippen molar-refractivity contribution in [1.29, 1.82) is 0 Å². The van der Waals surface area contributed by atoms with Crippen LogP contribution < -0.4 is 10.1 Å². The van der Waals surface area contributed by atoms with Gasteiger partial charge in [-0.05, 0) is 20.0 Å². The van der Waals surface area contributed by atoms with Crippen molar-refractivity contribution in [3.05, 3.63) is 47.6 Å². The Morgan fingerprint density at radius 2 is 2.28 bits per heavy atom. The van der Waals surface area contributed by atoms with Gasteiger partial charge >= 0.3 is 0 Å². The highest BCUT2D eigenvalue weighted by Crippen LogP contribution is 2.26. The van der Waals surface area contributed by atoms with Gasteiger partial charge in [-0.2, -0.15) is 0 Å². The van der Waals surface area contributed by atoms with Gasteiger partial charge < -0.3 is 14.6 Å². The second-order valence-electron chi connectivity index (χ2n) is 3.96. The van der Waals surface area contributed by atoms with Crippen LogP contribution in [0.5, 0.6) is 5.75 Å². The predicted molar refractivity (Wildman–Crippen MR) is 64.7 cm³/mol. The molecule has 5 heteroatoms. The third-order valence-corrected chi connectivity index (χ3v) is 2.74. The maximum Gasteiger partial charge on any atom is 0.174 e. The lowest BCUT2D eigenvalue weighted by Gasteiger charge is -2.16. The van der Waals surface area contributed by atoms with Crippen molar-refractivity contribution in [2.24, 2.45) is 0 Å². The molecular weight excluding hydrogens is 235 g/mol. The normalized spacial score (nSPS) is 12.4. The summed E-state index contributed by atoms with van der Waals surface area (Å²) in [6.45, 7) is 2.21. The van der Waals surface area contributed by atoms with Crippen molar-refractivity contribution in [1.82, 2.24) is 10.5 Å². The monoisotopic (exact) mass is 250 g/mol. The number of benzene rings is 1. The van der Waals surface area contributed by atoms with Gasteiger partial charge in [0.25, 0.3) is 0 Å². The van der Waals surface area contributed by atoms with Crippen molar-refractivity contribution < 1.29 is 13.7 Å². The first-order valence-corrected chi connectivity index (χ1v) is 5.69. The zero-order chi connectivity index (χ0) is 13.0. The smallest absolute Gasteiger partial charge is 0.174 e. The first-order chi connectivity index (χ1) is 8.70. The number of hydrogen-bond donors (Lipinski definition) is 1. The molecule has 2 aromatic rings. The van der Waals surface area contributed by atoms with Gasteiger partial charge in [-0.3, -0.25) is 0 Å². The Hall–Kier alpha value is -1.88. The van der Waals surface area contributed by atoms with Crippen LogP contribution in [0.2, 0.25) is 0 Å². The molecule has 1 N–H and O–H groups in total. The summed E-state index contributed by atoms with van der Waals surface area (Å²) in [4.78, 5) is 0. The van der Waals surface area contributed by atoms with E-state index in [1.165, 1.54) is 12.1 Å². The molecule has 18 heavy (non-hydrogen) atoms. The Bertz CT molecular complexity index is 500. The zero-order valence-corrected chi connectivity index (χ0v) is 10.3. The second kappa shape index (κ2) is 5.64. The molecule has 0 aliphatic heterocycles. The molecule has 0 bridgehead atoms. The van der Waals surface area contributed by atoms with E-state index in [0.717, 1.165) is 5.56 Å². The van der Waals surface area contributed by atoms with Crippen LogP contribution in [0.1, 0.15) is 24.3 Å². The van der Waals surface area contributed by atoms with E-state index in [1.54, 1.807) is 18.3 Å². The van der Waals surface area contributed by atoms with E-state index >= 15 is 0 Å². The highest BCUT2D eigenvalue weighted by atomic mass is 19.1. The molecule has 1 atom stereocenters. The molecular formula is C13H15FN2O2. The predicted octanol–water partition coefficient (Wildman–Crippen LogP) is 2.67. The van der Waals surface area contributed by atoms with Crippen molar-refractivity contribution in [2.45, 2.75) is 19.6 Å². The average molecular weight is 250 g/mol. The van der Waals surface area contributed by atoms with Gasteiger partial charge in [-0.25, -0.2) is 4.39 Å². The maximum absolute atomic E-state index is 13.2. The van der Waals surface area contributed by atoms with Gasteiger partial charge in [0.15, 0.2) is 5.76 Å². The minimum absolute atomic E-state index is 0.0790. The summed E-state index contributed by atoms with van der Waals surface area (Å²) in [5.41, 5.74) is 0.901. The Morgan fingerprint density at radius 3 is 2.94 bits per heavy atom. The Balaban J connectivity index is 2.17. The van der Waals surface area contributed by atoms with E-state index in [2.05, 4.69) is 10.5 Å². The molecule has 0 saturated heterocycles. The molecule has 1 aromatic heterocycles. The minimum atomic E-state index is -0.324. The minimum Gasteiger partial charge on any atom is -0.485 e. The van der Waals surface area contributed by atoms with Gasteiger partial charge in [0, 0.05) is 23.7 Å². The fourth-order valence-corrected chi connectivity index (χ4v) is 1.61. The van der Waals surface area contributed by atoms with Crippen molar-refractivity contribution in [3.63, 3.8) is 0 Å². The van der Waals surface area contributed by atoms with Crippen molar-refractivity contribution >= 4 is 0 Å². The number of hydrogen-bond acceptors (Lipinski definition) is 4. The molecule has 0 spiro atoms. The lowest BCUT2D eigenvalue weighted by Crippen LogP contribution is -2.14. The molecule has 2 rings (SSSR count). The summed E-state index contributed by atoms with van der Waals surface area (Å²) in [5, 5.41) is 6.68. The van der Waals surface area contributed by atoms with Crippen LogP contribution in [-0.4, -0.2) is 12.2 Å². The van der Waals surface area contributed by atoms with Crippen LogP contribution >= 0.6 is 0 Å². The van der Waals surface area contributed by atoms with Crippen LogP contribution in [-0.2, 0) is 6.61 Å². The Labute approximate surface area is 105 Å². The molecule has 0 saturated carbocycles. The number of aromatic nitrogens is 1. The lowest BCUT2D eigenvalue weighted by atomic mass is 10.1. The number of ether oxygens (including phenoxy) is 1. The fraction of sp³-hybridized carbons (Fsp3) is 0.308. The summed E-state index contributed by atoms with van der Waals surface area (Å²) in [6.07, 6.45) is 1.54. The molecule has 0 amide bonds. The molecule has 0 aliphatic rings. The van der Waals surface area contributed by atoms with Gasteiger partial charge in [-0.15, -0.1) is 0 Å². The molecule has 4 nitrogen and oxygen atoms in total. The van der Waals surface area contributed by atoms with Crippen LogP contribution in [0.3, 0.4) is 0 Å². The first-order valence-electron chi connectivity index (χ1n) is 5.69. The summed E-state index contributed by atoms with van der Waals surface area (Å²) >= 11 is 0. The molecule has 0 aliphatic carbocycles. The Morgan fingerprint density at radius 1 is 1.44 bits per heavy atom. The number of nitrogens with zero attached hydrogens (tertiary/aromatic N) is 1. The summed E-state index contributed by atoms with van der Waals surface area (Å²) < 4.78 is 23.7. The standard InChI is InChI=1S/C13H15FN2O2/c1-9(15-2)12-4-3-10(14)7-13(12)17-8-11-5-6-16-18-11/h3-7,9,15H,8H2,1-2H3. The molecule has 1 unspecified atom stereocenters. The number of nitrogens with one attached hydrogen (secondary N) is 1. The largest absolute Gasteiger partial charge is 0.485 e. The third kappa shape index (κ3) is 2.87. The summed E-state index contributed by atoms with van der Waals surface area (Å²) in [5.74, 6) is 0.783. The first kappa shape index (κ1) is 12.6. The maximum atomic E-state index is 13.2. The van der Waals surface area contributed by atoms with Crippen LogP contribution in [0, 0.1) is 5.82 Å². The van der Waals surface area contributed by atoms with Crippen molar-refractivity contribution in [2.75, 3.05) is 7.05 Å². The quantitative estimate of drug-likeness (QED) is 0.886. The van der Waals surface area contributed by atoms with E-state index in [0.29, 0.717) is 11.5 Å². The molecule has 0 radical (unpaired) electrons. The average Bonchev–Trinajstić information content (AvgIpc) is 2.88.